The van der Waals surface area contributed by atoms with Crippen LogP contribution in [-0.4, -0.2) is 25.8 Å². The topological polar surface area (TPSA) is 43.6 Å². The van der Waals surface area contributed by atoms with Gasteiger partial charge in [-0.1, -0.05) is 12.1 Å². The van der Waals surface area contributed by atoms with Crippen LogP contribution < -0.4 is 0 Å². The third-order valence-electron chi connectivity index (χ3n) is 3.75. The van der Waals surface area contributed by atoms with Gasteiger partial charge >= 0.3 is 0 Å². The van der Waals surface area contributed by atoms with Crippen LogP contribution in [0, 0.1) is 3.57 Å². The second-order valence-corrected chi connectivity index (χ2v) is 8.35. The molecule has 0 amide bonds. The predicted octanol–water partition coefficient (Wildman–Crippen LogP) is 5.09. The number of aromatic nitrogens is 4. The fourth-order valence-corrected chi connectivity index (χ4v) is 4.90. The second kappa shape index (κ2) is 6.45. The fraction of sp³-hybridized carbons (Fsp3) is 0.118. The van der Waals surface area contributed by atoms with E-state index < -0.39 is 0 Å². The molecule has 0 aliphatic heterocycles. The van der Waals surface area contributed by atoms with Crippen molar-refractivity contribution < 1.29 is 0 Å². The Morgan fingerprint density at radius 2 is 2.04 bits per heavy atom. The van der Waals surface area contributed by atoms with Gasteiger partial charge in [-0.2, -0.15) is 0 Å². The minimum Gasteiger partial charge on any atom is -0.333 e. The molecule has 3 heterocycles. The Hall–Kier alpha value is -1.45. The van der Waals surface area contributed by atoms with E-state index in [2.05, 4.69) is 72.4 Å². The zero-order valence-corrected chi connectivity index (χ0v) is 16.8. The van der Waals surface area contributed by atoms with Gasteiger partial charge in [0.05, 0.1) is 22.6 Å². The van der Waals surface area contributed by atoms with Crippen LogP contribution in [0.3, 0.4) is 0 Å². The van der Waals surface area contributed by atoms with Gasteiger partial charge in [-0.05, 0) is 47.0 Å². The maximum atomic E-state index is 4.64. The molecular weight excluding hydrogens is 451 g/mol. The normalized spacial score (nSPS) is 11.3. The Morgan fingerprint density at radius 1 is 1.17 bits per heavy atom. The van der Waals surface area contributed by atoms with Crippen LogP contribution in [0.1, 0.15) is 0 Å². The number of thiophene rings is 1. The van der Waals surface area contributed by atoms with Crippen molar-refractivity contribution in [2.24, 2.45) is 7.05 Å². The Labute approximate surface area is 161 Å². The number of benzene rings is 1. The molecule has 0 radical (unpaired) electrons. The maximum Gasteiger partial charge on any atom is 0.128 e. The summed E-state index contributed by atoms with van der Waals surface area (Å²) in [4.78, 5) is 15.6. The van der Waals surface area contributed by atoms with Crippen molar-refractivity contribution in [1.29, 1.82) is 0 Å². The Kier molecular flexibility index (Phi) is 4.31. The van der Waals surface area contributed by atoms with E-state index in [-0.39, 0.29) is 0 Å². The summed E-state index contributed by atoms with van der Waals surface area (Å²) in [6.45, 7) is 0. The summed E-state index contributed by atoms with van der Waals surface area (Å²) < 4.78 is 3.28. The first-order valence-corrected chi connectivity index (χ1v) is 10.4. The number of halogens is 1. The van der Waals surface area contributed by atoms with Crippen LogP contribution in [0.2, 0.25) is 0 Å². The number of aryl methyl sites for hydroxylation is 1. The molecule has 4 aromatic rings. The predicted molar refractivity (Wildman–Crippen MR) is 110 cm³/mol. The first kappa shape index (κ1) is 16.0. The molecule has 0 N–H and O–H groups in total. The number of hydrogen-bond donors (Lipinski definition) is 0. The molecule has 0 fully saturated rings. The lowest BCUT2D eigenvalue weighted by Crippen LogP contribution is -1.89. The van der Waals surface area contributed by atoms with E-state index >= 15 is 0 Å². The van der Waals surface area contributed by atoms with Crippen molar-refractivity contribution in [3.8, 4) is 21.8 Å². The summed E-state index contributed by atoms with van der Waals surface area (Å²) in [7, 11) is 2.03. The molecule has 0 saturated heterocycles. The highest BCUT2D eigenvalue weighted by atomic mass is 127. The lowest BCUT2D eigenvalue weighted by atomic mass is 10.1. The second-order valence-electron chi connectivity index (χ2n) is 5.28. The molecule has 0 aliphatic rings. The maximum absolute atomic E-state index is 4.64. The molecule has 120 valence electrons. The van der Waals surface area contributed by atoms with Crippen molar-refractivity contribution >= 4 is 55.9 Å². The minimum absolute atomic E-state index is 1.00. The first-order valence-electron chi connectivity index (χ1n) is 7.23. The van der Waals surface area contributed by atoms with E-state index in [4.69, 9.17) is 0 Å². The summed E-state index contributed by atoms with van der Waals surface area (Å²) in [6.07, 6.45) is 5.55. The van der Waals surface area contributed by atoms with Gasteiger partial charge in [0.25, 0.3) is 0 Å². The third-order valence-corrected chi connectivity index (χ3v) is 6.19. The van der Waals surface area contributed by atoms with Crippen LogP contribution in [0.25, 0.3) is 32.0 Å². The molecule has 4 nitrogen and oxygen atoms in total. The molecule has 0 aliphatic carbocycles. The number of fused-ring (bicyclic) bond motifs is 1. The molecular formula is C17H13IN4S2. The van der Waals surface area contributed by atoms with Crippen LogP contribution in [-0.2, 0) is 7.05 Å². The van der Waals surface area contributed by atoms with Crippen LogP contribution in [0.5, 0.6) is 0 Å². The average molecular weight is 464 g/mol. The largest absolute Gasteiger partial charge is 0.333 e. The molecule has 24 heavy (non-hydrogen) atoms. The smallest absolute Gasteiger partial charge is 0.128 e. The van der Waals surface area contributed by atoms with Gasteiger partial charge in [-0.3, -0.25) is 0 Å². The SMILES string of the molecule is CSc1ncnc2sc(-c3c(-c4cccc(I)c4)ncn3C)cc12. The summed E-state index contributed by atoms with van der Waals surface area (Å²) in [5.74, 6) is 0. The molecule has 1 aromatic carbocycles. The van der Waals surface area contributed by atoms with E-state index in [0.717, 1.165) is 37.1 Å². The van der Waals surface area contributed by atoms with Crippen LogP contribution in [0.4, 0.5) is 0 Å². The lowest BCUT2D eigenvalue weighted by Gasteiger charge is -2.04. The number of nitrogens with zero attached hydrogens (tertiary/aromatic N) is 4. The quantitative estimate of drug-likeness (QED) is 0.241. The van der Waals surface area contributed by atoms with Gasteiger partial charge in [-0.15, -0.1) is 23.1 Å². The van der Waals surface area contributed by atoms with Crippen molar-refractivity contribution in [1.82, 2.24) is 19.5 Å². The van der Waals surface area contributed by atoms with Crippen molar-refractivity contribution in [2.75, 3.05) is 6.26 Å². The minimum atomic E-state index is 1.00. The zero-order chi connectivity index (χ0) is 16.7. The van der Waals surface area contributed by atoms with E-state index in [1.54, 1.807) is 29.4 Å². The third kappa shape index (κ3) is 2.74. The summed E-state index contributed by atoms with van der Waals surface area (Å²) in [5.41, 5.74) is 3.25. The Morgan fingerprint density at radius 3 is 2.83 bits per heavy atom. The first-order chi connectivity index (χ1) is 11.7. The summed E-state index contributed by atoms with van der Waals surface area (Å²) in [5, 5.41) is 2.13. The molecule has 0 saturated carbocycles. The number of imidazole rings is 1. The van der Waals surface area contributed by atoms with Crippen LogP contribution >= 0.6 is 45.7 Å². The molecule has 0 spiro atoms. The highest BCUT2D eigenvalue weighted by molar-refractivity contribution is 14.1. The van der Waals surface area contributed by atoms with Gasteiger partial charge in [0.1, 0.15) is 16.2 Å². The van der Waals surface area contributed by atoms with E-state index in [9.17, 15) is 0 Å². The van der Waals surface area contributed by atoms with Crippen molar-refractivity contribution in [2.45, 2.75) is 5.03 Å². The van der Waals surface area contributed by atoms with E-state index in [1.165, 1.54) is 3.57 Å². The number of thioether (sulfide) groups is 1. The van der Waals surface area contributed by atoms with Gasteiger partial charge in [0, 0.05) is 21.6 Å². The molecule has 4 rings (SSSR count). The Bertz CT molecular complexity index is 1040. The average Bonchev–Trinajstić information content (AvgIpc) is 3.17. The fourth-order valence-electron chi connectivity index (χ4n) is 2.68. The lowest BCUT2D eigenvalue weighted by molar-refractivity contribution is 0.923. The van der Waals surface area contributed by atoms with Gasteiger partial charge in [-0.25, -0.2) is 15.0 Å². The Balaban J connectivity index is 1.93. The van der Waals surface area contributed by atoms with Gasteiger partial charge < -0.3 is 4.57 Å². The highest BCUT2D eigenvalue weighted by Crippen LogP contribution is 2.39. The molecule has 0 bridgehead atoms. The summed E-state index contributed by atoms with van der Waals surface area (Å²) in [6, 6.07) is 10.6. The highest BCUT2D eigenvalue weighted by Gasteiger charge is 2.17. The van der Waals surface area contributed by atoms with E-state index in [0.29, 0.717) is 0 Å². The van der Waals surface area contributed by atoms with Crippen molar-refractivity contribution in [3.63, 3.8) is 0 Å². The molecule has 3 aromatic heterocycles. The monoisotopic (exact) mass is 464 g/mol. The molecule has 0 unspecified atom stereocenters. The van der Waals surface area contributed by atoms with Crippen molar-refractivity contribution in [3.05, 3.63) is 46.6 Å². The van der Waals surface area contributed by atoms with E-state index in [1.807, 2.05) is 19.6 Å². The zero-order valence-electron chi connectivity index (χ0n) is 13.0. The molecule has 7 heteroatoms. The summed E-state index contributed by atoms with van der Waals surface area (Å²) >= 11 is 5.67. The van der Waals surface area contributed by atoms with Gasteiger partial charge in [0.15, 0.2) is 0 Å². The number of rotatable bonds is 3. The standard InChI is InChI=1S/C17H13IN4S2/c1-22-9-21-14(10-4-3-5-11(18)6-10)15(22)13-7-12-16(23-2)19-8-20-17(12)24-13/h3-9H,1-2H3. The van der Waals surface area contributed by atoms with Gasteiger partial charge in [0.2, 0.25) is 0 Å². The molecule has 0 atom stereocenters. The number of hydrogen-bond acceptors (Lipinski definition) is 5. The van der Waals surface area contributed by atoms with Crippen LogP contribution in [0.15, 0.2) is 48.0 Å².